The van der Waals surface area contributed by atoms with E-state index in [4.69, 9.17) is 0 Å². The molecule has 7 nitrogen and oxygen atoms in total. The second-order valence-electron chi connectivity index (χ2n) is 6.97. The van der Waals surface area contributed by atoms with Crippen LogP contribution < -0.4 is 16.2 Å². The van der Waals surface area contributed by atoms with Crippen molar-refractivity contribution in [3.05, 3.63) is 51.2 Å². The third-order valence-corrected chi connectivity index (χ3v) is 4.97. The van der Waals surface area contributed by atoms with Crippen LogP contribution in [0.1, 0.15) is 46.2 Å². The van der Waals surface area contributed by atoms with Gasteiger partial charge in [-0.1, -0.05) is 0 Å². The first-order valence-electron chi connectivity index (χ1n) is 9.19. The molecule has 0 unspecified atom stereocenters. The summed E-state index contributed by atoms with van der Waals surface area (Å²) >= 11 is 0. The summed E-state index contributed by atoms with van der Waals surface area (Å²) in [5.74, 6) is -0.308. The van der Waals surface area contributed by atoms with Gasteiger partial charge in [0.2, 0.25) is 0 Å². The number of pyridine rings is 1. The van der Waals surface area contributed by atoms with Crippen LogP contribution in [0.3, 0.4) is 0 Å². The van der Waals surface area contributed by atoms with Crippen molar-refractivity contribution in [2.45, 2.75) is 46.2 Å². The molecule has 0 radical (unpaired) electrons. The minimum atomic E-state index is -0.308. The Morgan fingerprint density at radius 2 is 1.93 bits per heavy atom. The lowest BCUT2D eigenvalue weighted by atomic mass is 10.0. The van der Waals surface area contributed by atoms with Crippen LogP contribution in [0.5, 0.6) is 0 Å². The van der Waals surface area contributed by atoms with Gasteiger partial charge in [0.05, 0.1) is 12.2 Å². The molecule has 0 bridgehead atoms. The lowest BCUT2D eigenvalue weighted by Gasteiger charge is -2.25. The maximum Gasteiger partial charge on any atom is 0.263 e. The van der Waals surface area contributed by atoms with E-state index in [2.05, 4.69) is 15.7 Å². The van der Waals surface area contributed by atoms with E-state index in [1.54, 1.807) is 4.57 Å². The molecule has 2 aromatic rings. The van der Waals surface area contributed by atoms with E-state index >= 15 is 0 Å². The van der Waals surface area contributed by atoms with E-state index < -0.39 is 0 Å². The fourth-order valence-electron chi connectivity index (χ4n) is 3.55. The van der Waals surface area contributed by atoms with Crippen molar-refractivity contribution in [3.63, 3.8) is 0 Å². The number of amides is 1. The number of rotatable bonds is 5. The first-order valence-corrected chi connectivity index (χ1v) is 9.19. The molecule has 0 spiro atoms. The molecule has 0 aliphatic carbocycles. The van der Waals surface area contributed by atoms with E-state index in [1.807, 2.05) is 43.8 Å². The summed E-state index contributed by atoms with van der Waals surface area (Å²) in [6.45, 7) is 8.55. The second-order valence-corrected chi connectivity index (χ2v) is 6.97. The summed E-state index contributed by atoms with van der Waals surface area (Å²) in [4.78, 5) is 25.5. The SMILES string of the molecule is Cc1cc(C)n(CCNC(=O)c2c(C)ccn(C3CCNCC3)c2=O)n1.Cl.Cl. The average molecular weight is 430 g/mol. The van der Waals surface area contributed by atoms with Gasteiger partial charge in [-0.05, 0) is 64.4 Å². The van der Waals surface area contributed by atoms with E-state index in [0.29, 0.717) is 18.7 Å². The lowest BCUT2D eigenvalue weighted by Crippen LogP contribution is -2.39. The molecule has 1 saturated heterocycles. The first kappa shape index (κ1) is 24.2. The molecule has 1 fully saturated rings. The van der Waals surface area contributed by atoms with Gasteiger partial charge in [-0.25, -0.2) is 0 Å². The van der Waals surface area contributed by atoms with Gasteiger partial charge in [0.25, 0.3) is 11.5 Å². The van der Waals surface area contributed by atoms with Gasteiger partial charge in [-0.2, -0.15) is 5.10 Å². The van der Waals surface area contributed by atoms with Gasteiger partial charge >= 0.3 is 0 Å². The molecule has 28 heavy (non-hydrogen) atoms. The zero-order valence-corrected chi connectivity index (χ0v) is 18.2. The molecule has 1 amide bonds. The Labute approximate surface area is 177 Å². The van der Waals surface area contributed by atoms with Crippen LogP contribution in [0.4, 0.5) is 0 Å². The number of hydrogen-bond acceptors (Lipinski definition) is 4. The minimum absolute atomic E-state index is 0. The Morgan fingerprint density at radius 3 is 2.54 bits per heavy atom. The van der Waals surface area contributed by atoms with Crippen molar-refractivity contribution in [2.24, 2.45) is 0 Å². The molecule has 2 N–H and O–H groups in total. The zero-order chi connectivity index (χ0) is 18.7. The number of aromatic nitrogens is 3. The summed E-state index contributed by atoms with van der Waals surface area (Å²) < 4.78 is 3.59. The van der Waals surface area contributed by atoms with Gasteiger partial charge < -0.3 is 15.2 Å². The third kappa shape index (κ3) is 5.37. The lowest BCUT2D eigenvalue weighted by molar-refractivity contribution is 0.0948. The third-order valence-electron chi connectivity index (χ3n) is 4.97. The predicted octanol–water partition coefficient (Wildman–Crippen LogP) is 2.17. The zero-order valence-electron chi connectivity index (χ0n) is 16.5. The first-order chi connectivity index (χ1) is 12.5. The number of piperidine rings is 1. The highest BCUT2D eigenvalue weighted by Crippen LogP contribution is 2.17. The van der Waals surface area contributed by atoms with E-state index in [-0.39, 0.29) is 47.9 Å². The average Bonchev–Trinajstić information content (AvgIpc) is 2.93. The van der Waals surface area contributed by atoms with E-state index in [9.17, 15) is 9.59 Å². The predicted molar refractivity (Wildman–Crippen MR) is 115 cm³/mol. The monoisotopic (exact) mass is 429 g/mol. The molecule has 1 aliphatic heterocycles. The maximum atomic E-state index is 12.9. The molecule has 0 atom stereocenters. The summed E-state index contributed by atoms with van der Waals surface area (Å²) in [5, 5.41) is 10.6. The van der Waals surface area contributed by atoms with Crippen molar-refractivity contribution in [1.29, 1.82) is 0 Å². The van der Waals surface area contributed by atoms with Crippen LogP contribution in [0.2, 0.25) is 0 Å². The summed E-state index contributed by atoms with van der Waals surface area (Å²) in [6, 6.07) is 4.02. The van der Waals surface area contributed by atoms with Crippen molar-refractivity contribution in [2.75, 3.05) is 19.6 Å². The van der Waals surface area contributed by atoms with E-state index in [1.165, 1.54) is 0 Å². The van der Waals surface area contributed by atoms with Crippen LogP contribution in [-0.4, -0.2) is 39.9 Å². The Hall–Kier alpha value is -1.83. The van der Waals surface area contributed by atoms with Crippen LogP contribution >= 0.6 is 24.8 Å². The number of halogens is 2. The van der Waals surface area contributed by atoms with Gasteiger partial charge in [-0.15, -0.1) is 24.8 Å². The van der Waals surface area contributed by atoms with Crippen molar-refractivity contribution < 1.29 is 4.79 Å². The Balaban J connectivity index is 0.00000196. The van der Waals surface area contributed by atoms with Crippen molar-refractivity contribution in [3.8, 4) is 0 Å². The molecule has 2 aromatic heterocycles. The van der Waals surface area contributed by atoms with Gasteiger partial charge in [0, 0.05) is 24.5 Å². The van der Waals surface area contributed by atoms with Crippen LogP contribution in [0.25, 0.3) is 0 Å². The number of nitrogens with one attached hydrogen (secondary N) is 2. The van der Waals surface area contributed by atoms with Gasteiger partial charge in [-0.3, -0.25) is 14.3 Å². The summed E-state index contributed by atoms with van der Waals surface area (Å²) in [6.07, 6.45) is 3.63. The normalized spacial score (nSPS) is 14.1. The van der Waals surface area contributed by atoms with E-state index in [0.717, 1.165) is 37.3 Å². The molecule has 0 aromatic carbocycles. The van der Waals surface area contributed by atoms with Crippen molar-refractivity contribution >= 4 is 30.7 Å². The highest BCUT2D eigenvalue weighted by atomic mass is 35.5. The van der Waals surface area contributed by atoms with Crippen LogP contribution in [-0.2, 0) is 6.54 Å². The maximum absolute atomic E-state index is 12.9. The summed E-state index contributed by atoms with van der Waals surface area (Å²) in [5.41, 5.74) is 2.78. The number of nitrogens with zero attached hydrogens (tertiary/aromatic N) is 3. The molecule has 3 heterocycles. The quantitative estimate of drug-likeness (QED) is 0.762. The van der Waals surface area contributed by atoms with Crippen LogP contribution in [0, 0.1) is 20.8 Å². The standard InChI is InChI=1S/C19H27N5O2.2ClH/c1-13-6-10-23(16-4-7-20-8-5-16)19(26)17(13)18(25)21-9-11-24-15(3)12-14(2)22-24;;/h6,10,12,16,20H,4-5,7-9,11H2,1-3H3,(H,21,25);2*1H. The molecule has 3 rings (SSSR count). The number of aryl methyl sites for hydroxylation is 3. The highest BCUT2D eigenvalue weighted by molar-refractivity contribution is 5.95. The van der Waals surface area contributed by atoms with Gasteiger partial charge in [0.1, 0.15) is 5.56 Å². The topological polar surface area (TPSA) is 81.0 Å². The van der Waals surface area contributed by atoms with Crippen molar-refractivity contribution in [1.82, 2.24) is 25.0 Å². The number of hydrogen-bond donors (Lipinski definition) is 2. The summed E-state index contributed by atoms with van der Waals surface area (Å²) in [7, 11) is 0. The molecular weight excluding hydrogens is 401 g/mol. The molecule has 0 saturated carbocycles. The Kier molecular flexibility index (Phi) is 9.20. The largest absolute Gasteiger partial charge is 0.350 e. The minimum Gasteiger partial charge on any atom is -0.350 e. The second kappa shape index (κ2) is 10.6. The number of carbonyl (C=O) groups is 1. The molecule has 9 heteroatoms. The fraction of sp³-hybridized carbons (Fsp3) is 0.526. The highest BCUT2D eigenvalue weighted by Gasteiger charge is 2.21. The number of carbonyl (C=O) groups excluding carboxylic acids is 1. The van der Waals surface area contributed by atoms with Crippen LogP contribution in [0.15, 0.2) is 23.1 Å². The molecule has 156 valence electrons. The molecule has 1 aliphatic rings. The Bertz CT molecular complexity index is 856. The molecular formula is C19H29Cl2N5O2. The smallest absolute Gasteiger partial charge is 0.263 e. The fourth-order valence-corrected chi connectivity index (χ4v) is 3.55. The van der Waals surface area contributed by atoms with Gasteiger partial charge in [0.15, 0.2) is 0 Å². The Morgan fingerprint density at radius 1 is 1.25 bits per heavy atom.